The van der Waals surface area contributed by atoms with Crippen molar-refractivity contribution in [1.82, 2.24) is 24.7 Å². The van der Waals surface area contributed by atoms with Crippen LogP contribution in [0.4, 0.5) is 0 Å². The molecule has 0 fully saturated rings. The van der Waals surface area contributed by atoms with Gasteiger partial charge in [0.05, 0.1) is 16.7 Å². The fourth-order valence-corrected chi connectivity index (χ4v) is 3.64. The van der Waals surface area contributed by atoms with E-state index in [2.05, 4.69) is 34.0 Å². The molecule has 0 saturated heterocycles. The molecule has 3 heterocycles. The Bertz CT molecular complexity index is 1060. The molecular formula is C18H18ClN5O. The minimum atomic E-state index is -0.0256. The first-order valence-electron chi connectivity index (χ1n) is 8.32. The maximum Gasteiger partial charge on any atom is 0.296 e. The monoisotopic (exact) mass is 355 g/mol. The molecule has 3 aromatic heterocycles. The number of H-pyrrole nitrogens is 1. The van der Waals surface area contributed by atoms with Crippen molar-refractivity contribution in [2.75, 3.05) is 0 Å². The number of hydrogen-bond acceptors (Lipinski definition) is 4. The van der Waals surface area contributed by atoms with Gasteiger partial charge in [0.15, 0.2) is 5.65 Å². The molecule has 0 saturated carbocycles. The Labute approximate surface area is 149 Å². The number of hydrogen-bond donors (Lipinski definition) is 2. The predicted molar refractivity (Wildman–Crippen MR) is 98.9 cm³/mol. The van der Waals surface area contributed by atoms with Gasteiger partial charge in [-0.1, -0.05) is 37.6 Å². The molecule has 4 rings (SSSR count). The van der Waals surface area contributed by atoms with Crippen molar-refractivity contribution in [2.24, 2.45) is 0 Å². The van der Waals surface area contributed by atoms with Crippen molar-refractivity contribution in [1.29, 1.82) is 0 Å². The van der Waals surface area contributed by atoms with Gasteiger partial charge in [0.2, 0.25) is 0 Å². The average Bonchev–Trinajstić information content (AvgIpc) is 3.20. The highest BCUT2D eigenvalue weighted by atomic mass is 35.5. The van der Waals surface area contributed by atoms with Crippen molar-refractivity contribution in [3.05, 3.63) is 35.6 Å². The van der Waals surface area contributed by atoms with Gasteiger partial charge < -0.3 is 5.11 Å². The molecule has 0 aliphatic heterocycles. The molecular weight excluding hydrogens is 338 g/mol. The van der Waals surface area contributed by atoms with Gasteiger partial charge in [-0.05, 0) is 24.5 Å². The Balaban J connectivity index is 2.06. The highest BCUT2D eigenvalue weighted by Crippen LogP contribution is 2.39. The molecule has 25 heavy (non-hydrogen) atoms. The van der Waals surface area contributed by atoms with Crippen LogP contribution in [0.25, 0.3) is 33.2 Å². The Morgan fingerprint density at radius 3 is 2.80 bits per heavy atom. The van der Waals surface area contributed by atoms with Gasteiger partial charge in [0, 0.05) is 23.2 Å². The third-order valence-corrected chi connectivity index (χ3v) is 4.97. The number of benzene rings is 1. The van der Waals surface area contributed by atoms with E-state index >= 15 is 0 Å². The van der Waals surface area contributed by atoms with Crippen LogP contribution in [0.3, 0.4) is 0 Å². The van der Waals surface area contributed by atoms with Gasteiger partial charge in [0.25, 0.3) is 6.01 Å². The highest BCUT2D eigenvalue weighted by molar-refractivity contribution is 6.34. The first kappa shape index (κ1) is 15.9. The van der Waals surface area contributed by atoms with Crippen molar-refractivity contribution < 1.29 is 5.11 Å². The van der Waals surface area contributed by atoms with Crippen LogP contribution in [0.5, 0.6) is 6.01 Å². The molecule has 128 valence electrons. The van der Waals surface area contributed by atoms with E-state index in [4.69, 9.17) is 11.6 Å². The minimum absolute atomic E-state index is 0.0256. The first-order valence-corrected chi connectivity index (χ1v) is 8.70. The Hall–Kier alpha value is -2.60. The molecule has 0 radical (unpaired) electrons. The van der Waals surface area contributed by atoms with E-state index in [1.54, 1.807) is 12.4 Å². The number of rotatable bonds is 4. The molecule has 0 atom stereocenters. The normalized spacial score (nSPS) is 11.8. The summed E-state index contributed by atoms with van der Waals surface area (Å²) in [5.41, 5.74) is 3.94. The summed E-state index contributed by atoms with van der Waals surface area (Å²) in [6.07, 6.45) is 5.12. The van der Waals surface area contributed by atoms with Crippen LogP contribution in [0.15, 0.2) is 30.6 Å². The minimum Gasteiger partial charge on any atom is -0.480 e. The third-order valence-electron chi connectivity index (χ3n) is 4.69. The van der Waals surface area contributed by atoms with E-state index in [-0.39, 0.29) is 12.1 Å². The summed E-state index contributed by atoms with van der Waals surface area (Å²) in [6, 6.07) is 6.10. The van der Waals surface area contributed by atoms with E-state index in [9.17, 15) is 5.11 Å². The fourth-order valence-electron chi connectivity index (χ4n) is 3.39. The zero-order chi connectivity index (χ0) is 17.6. The van der Waals surface area contributed by atoms with Gasteiger partial charge in [-0.25, -0.2) is 4.98 Å². The summed E-state index contributed by atoms with van der Waals surface area (Å²) in [6.45, 7) is 4.18. The zero-order valence-electron chi connectivity index (χ0n) is 14.0. The molecule has 0 spiro atoms. The largest absolute Gasteiger partial charge is 0.480 e. The second-order valence-electron chi connectivity index (χ2n) is 6.08. The molecule has 6 nitrogen and oxygen atoms in total. The zero-order valence-corrected chi connectivity index (χ0v) is 14.7. The molecule has 0 aliphatic rings. The van der Waals surface area contributed by atoms with Crippen LogP contribution in [-0.2, 0) is 0 Å². The lowest BCUT2D eigenvalue weighted by Crippen LogP contribution is -2.07. The molecule has 0 aliphatic carbocycles. The maximum absolute atomic E-state index is 10.4. The van der Waals surface area contributed by atoms with Crippen molar-refractivity contribution in [3.63, 3.8) is 0 Å². The average molecular weight is 356 g/mol. The standard InChI is InChI=1S/C18H18ClN5O/c1-3-12(4-2)24-16-15(13(19)9-20-17(16)22-18(24)25)10-5-6-11-8-21-23-14(11)7-10/h5-9,12H,3-4H2,1-2H3,(H,21,23)(H,20,22,25). The molecule has 0 unspecified atom stereocenters. The van der Waals surface area contributed by atoms with Crippen molar-refractivity contribution in [3.8, 4) is 17.1 Å². The molecule has 0 amide bonds. The summed E-state index contributed by atoms with van der Waals surface area (Å²) in [5, 5.41) is 19.0. The lowest BCUT2D eigenvalue weighted by atomic mass is 10.0. The molecule has 1 aromatic carbocycles. The number of nitrogens with one attached hydrogen (secondary N) is 1. The molecule has 2 N–H and O–H groups in total. The van der Waals surface area contributed by atoms with Crippen LogP contribution in [-0.4, -0.2) is 29.8 Å². The summed E-state index contributed by atoms with van der Waals surface area (Å²) in [7, 11) is 0. The number of imidazole rings is 1. The number of aromatic nitrogens is 5. The topological polar surface area (TPSA) is 79.6 Å². The number of nitrogens with zero attached hydrogens (tertiary/aromatic N) is 4. The van der Waals surface area contributed by atoms with Crippen LogP contribution in [0.1, 0.15) is 32.7 Å². The summed E-state index contributed by atoms with van der Waals surface area (Å²) >= 11 is 6.52. The van der Waals surface area contributed by atoms with Gasteiger partial charge in [-0.2, -0.15) is 10.1 Å². The molecule has 0 bridgehead atoms. The van der Waals surface area contributed by atoms with Crippen molar-refractivity contribution in [2.45, 2.75) is 32.7 Å². The second-order valence-corrected chi connectivity index (χ2v) is 6.48. The Kier molecular flexibility index (Phi) is 3.84. The summed E-state index contributed by atoms with van der Waals surface area (Å²) in [5.74, 6) is 0. The van der Waals surface area contributed by atoms with E-state index in [1.807, 2.05) is 22.8 Å². The SMILES string of the molecule is CCC(CC)n1c(O)nc2ncc(Cl)c(-c3ccc4cn[nH]c4c3)c21. The number of pyridine rings is 1. The van der Waals surface area contributed by atoms with E-state index in [0.717, 1.165) is 40.4 Å². The van der Waals surface area contributed by atoms with Crippen molar-refractivity contribution >= 4 is 33.7 Å². The number of fused-ring (bicyclic) bond motifs is 2. The third kappa shape index (κ3) is 2.44. The smallest absolute Gasteiger partial charge is 0.296 e. The van der Waals surface area contributed by atoms with E-state index < -0.39 is 0 Å². The first-order chi connectivity index (χ1) is 12.1. The quantitative estimate of drug-likeness (QED) is 0.556. The van der Waals surface area contributed by atoms with Gasteiger partial charge in [-0.3, -0.25) is 9.67 Å². The van der Waals surface area contributed by atoms with E-state index in [1.165, 1.54) is 0 Å². The lowest BCUT2D eigenvalue weighted by molar-refractivity contribution is 0.362. The predicted octanol–water partition coefficient (Wildman–Crippen LogP) is 4.69. The fraction of sp³-hybridized carbons (Fsp3) is 0.278. The molecule has 7 heteroatoms. The molecule has 4 aromatic rings. The maximum atomic E-state index is 10.4. The lowest BCUT2D eigenvalue weighted by Gasteiger charge is -2.18. The van der Waals surface area contributed by atoms with Gasteiger partial charge in [0.1, 0.15) is 5.52 Å². The number of aromatic hydroxyl groups is 1. The van der Waals surface area contributed by atoms with E-state index in [0.29, 0.717) is 10.7 Å². The van der Waals surface area contributed by atoms with Crippen LogP contribution in [0, 0.1) is 0 Å². The summed E-state index contributed by atoms with van der Waals surface area (Å²) in [4.78, 5) is 8.55. The Morgan fingerprint density at radius 1 is 1.24 bits per heavy atom. The van der Waals surface area contributed by atoms with Gasteiger partial charge >= 0.3 is 0 Å². The highest BCUT2D eigenvalue weighted by Gasteiger charge is 2.22. The van der Waals surface area contributed by atoms with Crippen LogP contribution >= 0.6 is 11.6 Å². The number of aromatic amines is 1. The van der Waals surface area contributed by atoms with Gasteiger partial charge in [-0.15, -0.1) is 0 Å². The van der Waals surface area contributed by atoms with Crippen LogP contribution in [0.2, 0.25) is 5.02 Å². The summed E-state index contributed by atoms with van der Waals surface area (Å²) < 4.78 is 1.85. The second kappa shape index (κ2) is 6.04. The Morgan fingerprint density at radius 2 is 2.04 bits per heavy atom. The number of halogens is 1. The van der Waals surface area contributed by atoms with Crippen LogP contribution < -0.4 is 0 Å².